The van der Waals surface area contributed by atoms with E-state index in [1.807, 2.05) is 0 Å². The minimum Gasteiger partial charge on any atom is -0.326 e. The highest BCUT2D eigenvalue weighted by atomic mass is 15.0. The highest BCUT2D eigenvalue weighted by Gasteiger charge is 2.21. The highest BCUT2D eigenvalue weighted by molar-refractivity contribution is 5.27. The van der Waals surface area contributed by atoms with Gasteiger partial charge in [-0.25, -0.2) is 0 Å². The lowest BCUT2D eigenvalue weighted by Crippen LogP contribution is -2.48. The quantitative estimate of drug-likeness (QED) is 0.862. The molecule has 124 valence electrons. The first-order valence-electron chi connectivity index (χ1n) is 8.94. The Morgan fingerprint density at radius 2 is 1.77 bits per heavy atom. The van der Waals surface area contributed by atoms with Gasteiger partial charge in [0.05, 0.1) is 0 Å². The molecule has 1 saturated carbocycles. The summed E-state index contributed by atoms with van der Waals surface area (Å²) in [6, 6.07) is 10.0. The molecule has 22 heavy (non-hydrogen) atoms. The molecule has 1 aromatic carbocycles. The van der Waals surface area contributed by atoms with Crippen molar-refractivity contribution in [3.63, 3.8) is 0 Å². The Morgan fingerprint density at radius 1 is 1.14 bits per heavy atom. The molecule has 0 spiro atoms. The van der Waals surface area contributed by atoms with E-state index in [1.54, 1.807) is 0 Å². The summed E-state index contributed by atoms with van der Waals surface area (Å²) in [4.78, 5) is 0. The lowest BCUT2D eigenvalue weighted by atomic mass is 9.86. The molecule has 1 aliphatic rings. The van der Waals surface area contributed by atoms with Gasteiger partial charge in [0.1, 0.15) is 0 Å². The predicted octanol–water partition coefficient (Wildman–Crippen LogP) is 4.02. The highest BCUT2D eigenvalue weighted by Crippen LogP contribution is 2.23. The molecule has 0 amide bonds. The zero-order chi connectivity index (χ0) is 16.2. The molecular formula is C20H34N2. The molecule has 0 saturated heterocycles. The standard InChI is InChI=1S/C20H34N2/c1-15(14-22-19-8-6-5-7-18(19)21)13-16-9-11-17(12-10-16)20(2,3)4/h9-12,15,18-19,22H,5-8,13-14,21H2,1-4H3/t15?,18-,19-/m1/s1. The maximum Gasteiger partial charge on any atom is 0.0219 e. The molecule has 0 aromatic heterocycles. The summed E-state index contributed by atoms with van der Waals surface area (Å²) in [5.74, 6) is 0.648. The van der Waals surface area contributed by atoms with Crippen LogP contribution in [0, 0.1) is 5.92 Å². The topological polar surface area (TPSA) is 38.0 Å². The van der Waals surface area contributed by atoms with Crippen molar-refractivity contribution in [3.05, 3.63) is 35.4 Å². The van der Waals surface area contributed by atoms with Gasteiger partial charge in [-0.1, -0.05) is 64.8 Å². The van der Waals surface area contributed by atoms with Crippen molar-refractivity contribution in [3.8, 4) is 0 Å². The van der Waals surface area contributed by atoms with Gasteiger partial charge in [-0.2, -0.15) is 0 Å². The fourth-order valence-electron chi connectivity index (χ4n) is 3.38. The average molecular weight is 303 g/mol. The van der Waals surface area contributed by atoms with Crippen LogP contribution in [0.3, 0.4) is 0 Å². The van der Waals surface area contributed by atoms with Crippen LogP contribution in [0.25, 0.3) is 0 Å². The fraction of sp³-hybridized carbons (Fsp3) is 0.700. The molecule has 3 atom stereocenters. The number of hydrogen-bond acceptors (Lipinski definition) is 2. The number of hydrogen-bond donors (Lipinski definition) is 2. The minimum absolute atomic E-state index is 0.239. The Balaban J connectivity index is 1.80. The van der Waals surface area contributed by atoms with Crippen molar-refractivity contribution in [2.45, 2.75) is 77.3 Å². The zero-order valence-electron chi connectivity index (χ0n) is 14.9. The Morgan fingerprint density at radius 3 is 2.36 bits per heavy atom. The second-order valence-electron chi connectivity index (χ2n) is 8.22. The SMILES string of the molecule is CC(CN[C@@H]1CCCC[C@H]1N)Cc1ccc(C(C)(C)C)cc1. The van der Waals surface area contributed by atoms with Crippen molar-refractivity contribution in [2.75, 3.05) is 6.54 Å². The van der Waals surface area contributed by atoms with Gasteiger partial charge in [-0.05, 0) is 48.3 Å². The van der Waals surface area contributed by atoms with Gasteiger partial charge in [0.15, 0.2) is 0 Å². The van der Waals surface area contributed by atoms with Gasteiger partial charge in [0, 0.05) is 12.1 Å². The zero-order valence-corrected chi connectivity index (χ0v) is 14.9. The molecule has 1 fully saturated rings. The van der Waals surface area contributed by atoms with E-state index in [9.17, 15) is 0 Å². The van der Waals surface area contributed by atoms with E-state index in [4.69, 9.17) is 5.73 Å². The van der Waals surface area contributed by atoms with E-state index in [2.05, 4.69) is 57.3 Å². The van der Waals surface area contributed by atoms with Crippen LogP contribution in [0.15, 0.2) is 24.3 Å². The van der Waals surface area contributed by atoms with Crippen LogP contribution in [0.1, 0.15) is 64.5 Å². The van der Waals surface area contributed by atoms with Gasteiger partial charge in [-0.3, -0.25) is 0 Å². The Hall–Kier alpha value is -0.860. The summed E-state index contributed by atoms with van der Waals surface area (Å²) in [6.45, 7) is 10.2. The molecule has 2 rings (SSSR count). The normalized spacial score (nSPS) is 24.2. The van der Waals surface area contributed by atoms with E-state index in [1.165, 1.54) is 36.8 Å². The first kappa shape index (κ1) is 17.5. The second-order valence-corrected chi connectivity index (χ2v) is 8.22. The third kappa shape index (κ3) is 5.10. The number of benzene rings is 1. The smallest absolute Gasteiger partial charge is 0.0219 e. The molecule has 0 bridgehead atoms. The first-order valence-corrected chi connectivity index (χ1v) is 8.94. The molecule has 1 aromatic rings. The van der Waals surface area contributed by atoms with Gasteiger partial charge < -0.3 is 11.1 Å². The van der Waals surface area contributed by atoms with Crippen LogP contribution < -0.4 is 11.1 Å². The maximum absolute atomic E-state index is 6.21. The largest absolute Gasteiger partial charge is 0.326 e. The summed E-state index contributed by atoms with van der Waals surface area (Å²) < 4.78 is 0. The number of nitrogens with two attached hydrogens (primary N) is 1. The molecular weight excluding hydrogens is 268 g/mol. The van der Waals surface area contributed by atoms with Gasteiger partial charge >= 0.3 is 0 Å². The van der Waals surface area contributed by atoms with Gasteiger partial charge in [-0.15, -0.1) is 0 Å². The van der Waals surface area contributed by atoms with Gasteiger partial charge in [0.2, 0.25) is 0 Å². The monoisotopic (exact) mass is 302 g/mol. The summed E-state index contributed by atoms with van der Waals surface area (Å²) in [5.41, 5.74) is 9.30. The van der Waals surface area contributed by atoms with Crippen LogP contribution in [0.4, 0.5) is 0 Å². The van der Waals surface area contributed by atoms with Crippen molar-refractivity contribution in [2.24, 2.45) is 11.7 Å². The van der Waals surface area contributed by atoms with E-state index >= 15 is 0 Å². The van der Waals surface area contributed by atoms with Crippen LogP contribution in [-0.2, 0) is 11.8 Å². The Bertz CT molecular complexity index is 444. The van der Waals surface area contributed by atoms with E-state index < -0.39 is 0 Å². The van der Waals surface area contributed by atoms with Crippen molar-refractivity contribution in [1.82, 2.24) is 5.32 Å². The molecule has 2 nitrogen and oxygen atoms in total. The van der Waals surface area contributed by atoms with Crippen LogP contribution in [-0.4, -0.2) is 18.6 Å². The molecule has 2 heteroatoms. The summed E-state index contributed by atoms with van der Waals surface area (Å²) in [6.07, 6.45) is 6.19. The Labute approximate surface area is 136 Å². The van der Waals surface area contributed by atoms with Gasteiger partial charge in [0.25, 0.3) is 0 Å². The minimum atomic E-state index is 0.239. The van der Waals surface area contributed by atoms with Crippen LogP contribution in [0.2, 0.25) is 0 Å². The molecule has 0 radical (unpaired) electrons. The molecule has 3 N–H and O–H groups in total. The van der Waals surface area contributed by atoms with Crippen LogP contribution in [0.5, 0.6) is 0 Å². The van der Waals surface area contributed by atoms with Crippen molar-refractivity contribution in [1.29, 1.82) is 0 Å². The van der Waals surface area contributed by atoms with Crippen molar-refractivity contribution < 1.29 is 0 Å². The Kier molecular flexibility index (Phi) is 6.05. The lowest BCUT2D eigenvalue weighted by Gasteiger charge is -2.30. The summed E-state index contributed by atoms with van der Waals surface area (Å²) >= 11 is 0. The first-order chi connectivity index (χ1) is 10.4. The van der Waals surface area contributed by atoms with Crippen LogP contribution >= 0.6 is 0 Å². The second kappa shape index (κ2) is 7.61. The molecule has 0 aliphatic heterocycles. The van der Waals surface area contributed by atoms with Crippen molar-refractivity contribution >= 4 is 0 Å². The molecule has 1 aliphatic carbocycles. The van der Waals surface area contributed by atoms with E-state index in [-0.39, 0.29) is 5.41 Å². The van der Waals surface area contributed by atoms with E-state index in [0.717, 1.165) is 13.0 Å². The predicted molar refractivity (Wildman–Crippen MR) is 96.2 cm³/mol. The summed E-state index contributed by atoms with van der Waals surface area (Å²) in [7, 11) is 0. The third-order valence-corrected chi connectivity index (χ3v) is 4.95. The molecule has 1 unspecified atom stereocenters. The maximum atomic E-state index is 6.21. The van der Waals surface area contributed by atoms with E-state index in [0.29, 0.717) is 18.0 Å². The third-order valence-electron chi connectivity index (χ3n) is 4.95. The number of rotatable bonds is 5. The number of nitrogens with one attached hydrogen (secondary N) is 1. The fourth-order valence-corrected chi connectivity index (χ4v) is 3.38. The average Bonchev–Trinajstić information content (AvgIpc) is 2.46. The summed E-state index contributed by atoms with van der Waals surface area (Å²) in [5, 5.41) is 3.70. The lowest BCUT2D eigenvalue weighted by molar-refractivity contribution is 0.313. The molecule has 0 heterocycles.